The molecule has 0 heterocycles. The summed E-state index contributed by atoms with van der Waals surface area (Å²) in [6, 6.07) is 5.58. The van der Waals surface area contributed by atoms with E-state index in [0.29, 0.717) is 17.7 Å². The highest BCUT2D eigenvalue weighted by Gasteiger charge is 2.13. The molecule has 0 bridgehead atoms. The summed E-state index contributed by atoms with van der Waals surface area (Å²) in [6.07, 6.45) is 0.806. The molecule has 1 rings (SSSR count). The molecule has 1 aromatic rings. The lowest BCUT2D eigenvalue weighted by Gasteiger charge is -2.14. The van der Waals surface area contributed by atoms with E-state index in [9.17, 15) is 4.79 Å². The van der Waals surface area contributed by atoms with E-state index in [1.54, 1.807) is 6.07 Å². The standard InChI is InChI=1S/C12H12BrNO2/c1-3-11(6-14)16-12-8(2)4-10(13)5-9(12)7-15/h4-5,7,11H,3H2,1-2H3. The van der Waals surface area contributed by atoms with E-state index in [4.69, 9.17) is 10.00 Å². The van der Waals surface area contributed by atoms with Gasteiger partial charge in [0.05, 0.1) is 5.56 Å². The number of nitriles is 1. The van der Waals surface area contributed by atoms with Crippen LogP contribution in [0.25, 0.3) is 0 Å². The Hall–Kier alpha value is -1.34. The molecule has 1 atom stereocenters. The van der Waals surface area contributed by atoms with Crippen molar-refractivity contribution in [3.63, 3.8) is 0 Å². The lowest BCUT2D eigenvalue weighted by atomic mass is 10.1. The van der Waals surface area contributed by atoms with Crippen molar-refractivity contribution >= 4 is 22.2 Å². The van der Waals surface area contributed by atoms with Crippen molar-refractivity contribution in [2.24, 2.45) is 0 Å². The fourth-order valence-corrected chi connectivity index (χ4v) is 1.94. The zero-order chi connectivity index (χ0) is 12.1. The number of rotatable bonds is 4. The average Bonchev–Trinajstić information content (AvgIpc) is 2.27. The number of halogens is 1. The van der Waals surface area contributed by atoms with Crippen LogP contribution in [0.3, 0.4) is 0 Å². The third-order valence-corrected chi connectivity index (χ3v) is 2.63. The molecular formula is C12H12BrNO2. The molecule has 0 N–H and O–H groups in total. The van der Waals surface area contributed by atoms with Crippen LogP contribution in [0.15, 0.2) is 16.6 Å². The SMILES string of the molecule is CCC(C#N)Oc1c(C)cc(Br)cc1C=O. The Morgan fingerprint density at radius 1 is 1.62 bits per heavy atom. The first kappa shape index (κ1) is 12.7. The molecule has 3 nitrogen and oxygen atoms in total. The Morgan fingerprint density at radius 2 is 2.31 bits per heavy atom. The van der Waals surface area contributed by atoms with Gasteiger partial charge in [-0.2, -0.15) is 5.26 Å². The highest BCUT2D eigenvalue weighted by atomic mass is 79.9. The molecule has 84 valence electrons. The van der Waals surface area contributed by atoms with Crippen molar-refractivity contribution in [3.05, 3.63) is 27.7 Å². The van der Waals surface area contributed by atoms with Crippen LogP contribution < -0.4 is 4.74 Å². The predicted molar refractivity (Wildman–Crippen MR) is 64.6 cm³/mol. The smallest absolute Gasteiger partial charge is 0.184 e. The first-order chi connectivity index (χ1) is 7.62. The molecule has 0 amide bonds. The molecule has 0 saturated heterocycles. The highest BCUT2D eigenvalue weighted by Crippen LogP contribution is 2.28. The van der Waals surface area contributed by atoms with Gasteiger partial charge >= 0.3 is 0 Å². The minimum absolute atomic E-state index is 0.459. The summed E-state index contributed by atoms with van der Waals surface area (Å²) in [5.74, 6) is 0.492. The number of hydrogen-bond acceptors (Lipinski definition) is 3. The van der Waals surface area contributed by atoms with Crippen LogP contribution in [0.5, 0.6) is 5.75 Å². The van der Waals surface area contributed by atoms with Gasteiger partial charge in [0.25, 0.3) is 0 Å². The second-order valence-electron chi connectivity index (χ2n) is 3.40. The lowest BCUT2D eigenvalue weighted by Crippen LogP contribution is -2.14. The fraction of sp³-hybridized carbons (Fsp3) is 0.333. The molecule has 1 aromatic carbocycles. The number of benzene rings is 1. The van der Waals surface area contributed by atoms with E-state index in [-0.39, 0.29) is 0 Å². The third-order valence-electron chi connectivity index (χ3n) is 2.17. The molecule has 0 spiro atoms. The van der Waals surface area contributed by atoms with Gasteiger partial charge in [-0.15, -0.1) is 0 Å². The van der Waals surface area contributed by atoms with Gasteiger partial charge in [-0.3, -0.25) is 4.79 Å². The fourth-order valence-electron chi connectivity index (χ4n) is 1.35. The minimum atomic E-state index is -0.515. The van der Waals surface area contributed by atoms with E-state index in [2.05, 4.69) is 15.9 Å². The lowest BCUT2D eigenvalue weighted by molar-refractivity contribution is 0.111. The van der Waals surface area contributed by atoms with E-state index < -0.39 is 6.10 Å². The topological polar surface area (TPSA) is 50.1 Å². The molecule has 16 heavy (non-hydrogen) atoms. The maximum absolute atomic E-state index is 10.9. The summed E-state index contributed by atoms with van der Waals surface area (Å²) in [7, 11) is 0. The second-order valence-corrected chi connectivity index (χ2v) is 4.32. The van der Waals surface area contributed by atoms with Crippen LogP contribution in [-0.4, -0.2) is 12.4 Å². The summed E-state index contributed by atoms with van der Waals surface area (Å²) < 4.78 is 6.33. The van der Waals surface area contributed by atoms with E-state index in [1.165, 1.54) is 0 Å². The number of aryl methyl sites for hydroxylation is 1. The first-order valence-electron chi connectivity index (χ1n) is 4.94. The van der Waals surface area contributed by atoms with Gasteiger partial charge in [-0.05, 0) is 31.0 Å². The molecule has 0 aliphatic carbocycles. The number of ether oxygens (including phenoxy) is 1. The van der Waals surface area contributed by atoms with Gasteiger partial charge in [0.1, 0.15) is 11.8 Å². The van der Waals surface area contributed by atoms with Gasteiger partial charge in [0, 0.05) is 4.47 Å². The maximum atomic E-state index is 10.9. The molecule has 0 fully saturated rings. The number of aldehydes is 1. The molecular weight excluding hydrogens is 270 g/mol. The van der Waals surface area contributed by atoms with Gasteiger partial charge < -0.3 is 4.74 Å². The van der Waals surface area contributed by atoms with Gasteiger partial charge in [-0.1, -0.05) is 22.9 Å². The van der Waals surface area contributed by atoms with E-state index in [0.717, 1.165) is 16.3 Å². The van der Waals surface area contributed by atoms with Crippen LogP contribution in [0.4, 0.5) is 0 Å². The van der Waals surface area contributed by atoms with Crippen LogP contribution in [-0.2, 0) is 0 Å². The normalized spacial score (nSPS) is 11.6. The van der Waals surface area contributed by atoms with Gasteiger partial charge in [-0.25, -0.2) is 0 Å². The van der Waals surface area contributed by atoms with E-state index >= 15 is 0 Å². The molecule has 1 unspecified atom stereocenters. The Bertz CT molecular complexity index is 437. The summed E-state index contributed by atoms with van der Waals surface area (Å²) in [5, 5.41) is 8.82. The maximum Gasteiger partial charge on any atom is 0.184 e. The summed E-state index contributed by atoms with van der Waals surface area (Å²) in [6.45, 7) is 3.71. The van der Waals surface area contributed by atoms with Crippen molar-refractivity contribution < 1.29 is 9.53 Å². The predicted octanol–water partition coefficient (Wildman–Crippen LogP) is 3.25. The van der Waals surface area contributed by atoms with Crippen molar-refractivity contribution in [2.45, 2.75) is 26.4 Å². The number of nitrogens with zero attached hydrogens (tertiary/aromatic N) is 1. The van der Waals surface area contributed by atoms with Crippen molar-refractivity contribution in [1.29, 1.82) is 5.26 Å². The first-order valence-corrected chi connectivity index (χ1v) is 5.73. The van der Waals surface area contributed by atoms with Crippen LogP contribution >= 0.6 is 15.9 Å². The van der Waals surface area contributed by atoms with E-state index in [1.807, 2.05) is 26.0 Å². The Labute approximate surface area is 103 Å². The Balaban J connectivity index is 3.12. The Morgan fingerprint density at radius 3 is 2.81 bits per heavy atom. The van der Waals surface area contributed by atoms with Crippen molar-refractivity contribution in [3.8, 4) is 11.8 Å². The summed E-state index contributed by atoms with van der Waals surface area (Å²) >= 11 is 3.31. The molecule has 0 radical (unpaired) electrons. The minimum Gasteiger partial charge on any atom is -0.475 e. The molecule has 0 aromatic heterocycles. The summed E-state index contributed by atoms with van der Waals surface area (Å²) in [4.78, 5) is 10.9. The molecule has 0 aliphatic heterocycles. The number of carbonyl (C=O) groups is 1. The highest BCUT2D eigenvalue weighted by molar-refractivity contribution is 9.10. The largest absolute Gasteiger partial charge is 0.475 e. The zero-order valence-electron chi connectivity index (χ0n) is 9.16. The summed E-state index contributed by atoms with van der Waals surface area (Å²) in [5.41, 5.74) is 1.30. The number of carbonyl (C=O) groups excluding carboxylic acids is 1. The Kier molecular flexibility index (Phi) is 4.51. The van der Waals surface area contributed by atoms with Gasteiger partial charge in [0.2, 0.25) is 0 Å². The van der Waals surface area contributed by atoms with Crippen molar-refractivity contribution in [2.75, 3.05) is 0 Å². The molecule has 0 aliphatic rings. The zero-order valence-corrected chi connectivity index (χ0v) is 10.7. The van der Waals surface area contributed by atoms with Crippen LogP contribution in [0, 0.1) is 18.3 Å². The molecule has 4 heteroatoms. The quantitative estimate of drug-likeness (QED) is 0.796. The number of hydrogen-bond donors (Lipinski definition) is 0. The third kappa shape index (κ3) is 2.83. The monoisotopic (exact) mass is 281 g/mol. The molecule has 0 saturated carbocycles. The van der Waals surface area contributed by atoms with Crippen LogP contribution in [0.1, 0.15) is 29.3 Å². The van der Waals surface area contributed by atoms with Crippen LogP contribution in [0.2, 0.25) is 0 Å². The van der Waals surface area contributed by atoms with Gasteiger partial charge in [0.15, 0.2) is 12.4 Å². The average molecular weight is 282 g/mol. The van der Waals surface area contributed by atoms with Crippen molar-refractivity contribution in [1.82, 2.24) is 0 Å². The second kappa shape index (κ2) is 5.66.